The number of pyridine rings is 2. The molecule has 3 fully saturated rings. The minimum atomic E-state index is 0.0359. The molecule has 13 rings (SSSR count). The zero-order valence-corrected chi connectivity index (χ0v) is 84.6. The Labute approximate surface area is 761 Å². The van der Waals surface area contributed by atoms with Crippen molar-refractivity contribution in [1.82, 2.24) is 40.6 Å². The first-order valence-electron chi connectivity index (χ1n) is 44.2. The molecule has 0 unspecified atom stereocenters. The highest BCUT2D eigenvalue weighted by Crippen LogP contribution is 2.37. The fourth-order valence-corrected chi connectivity index (χ4v) is 20.4. The Morgan fingerprint density at radius 3 is 1.17 bits per heavy atom. The number of amides is 1. The number of hydrogen-bond acceptors (Lipinski definition) is 18. The van der Waals surface area contributed by atoms with Crippen LogP contribution in [0.2, 0.25) is 0 Å². The van der Waals surface area contributed by atoms with Gasteiger partial charge < -0.3 is 36.2 Å². The maximum Gasteiger partial charge on any atom is 0.225 e. The van der Waals surface area contributed by atoms with Crippen LogP contribution in [0.3, 0.4) is 0 Å². The van der Waals surface area contributed by atoms with Gasteiger partial charge in [-0.25, -0.2) is 0 Å². The van der Waals surface area contributed by atoms with Gasteiger partial charge >= 0.3 is 0 Å². The molecule has 3 aliphatic rings. The molecule has 1 amide bonds. The molecule has 12 nitrogen and oxygen atoms in total. The third-order valence-electron chi connectivity index (χ3n) is 20.6. The molecule has 1 saturated carbocycles. The molecule has 2 aliphatic heterocycles. The second-order valence-corrected chi connectivity index (χ2v) is 49.1. The Kier molecular flexibility index (Phi) is 41.4. The molecule has 1 aliphatic carbocycles. The van der Waals surface area contributed by atoms with E-state index in [9.17, 15) is 4.79 Å². The van der Waals surface area contributed by atoms with Gasteiger partial charge in [-0.3, -0.25) is 24.6 Å². The zero-order chi connectivity index (χ0) is 88.7. The average Bonchev–Trinajstić information content (AvgIpc) is 1.77. The van der Waals surface area contributed by atoms with Gasteiger partial charge in [-0.15, -0.1) is 79.4 Å². The molecule has 0 bridgehead atoms. The molecular formula is C102H154N10O2S7. The van der Waals surface area contributed by atoms with Crippen LogP contribution >= 0.6 is 79.4 Å². The van der Waals surface area contributed by atoms with E-state index in [2.05, 4.69) is 334 Å². The Hall–Kier alpha value is -5.59. The van der Waals surface area contributed by atoms with Gasteiger partial charge in [-0.1, -0.05) is 210 Å². The van der Waals surface area contributed by atoms with Crippen molar-refractivity contribution in [3.05, 3.63) is 239 Å². The van der Waals surface area contributed by atoms with E-state index in [0.29, 0.717) is 17.3 Å². The topological polar surface area (TPSA) is 122 Å². The molecule has 121 heavy (non-hydrogen) atoms. The number of rotatable bonds is 21. The van der Waals surface area contributed by atoms with Gasteiger partial charge in [0.25, 0.3) is 0 Å². The van der Waals surface area contributed by atoms with Gasteiger partial charge in [0.05, 0.1) is 18.2 Å². The van der Waals surface area contributed by atoms with Crippen LogP contribution in [-0.2, 0) is 99.8 Å². The summed E-state index contributed by atoms with van der Waals surface area (Å²) < 4.78 is 5.36. The highest BCUT2D eigenvalue weighted by molar-refractivity contribution is 7.16. The van der Waals surface area contributed by atoms with Crippen LogP contribution in [-0.4, -0.2) is 96.6 Å². The van der Waals surface area contributed by atoms with Crippen molar-refractivity contribution in [1.29, 1.82) is 0 Å². The van der Waals surface area contributed by atoms with Crippen LogP contribution in [0, 0.1) is 11.3 Å². The number of likely N-dealkylation sites (N-methyl/N-ethyl adjacent to an activating group) is 1. The first-order valence-corrected chi connectivity index (χ1v) is 49.9. The summed E-state index contributed by atoms with van der Waals surface area (Å²) in [7, 11) is 2.21. The molecule has 1 aromatic carbocycles. The number of hydrogen-bond donors (Lipinski definition) is 5. The normalized spacial score (nSPS) is 14.9. The van der Waals surface area contributed by atoms with Crippen molar-refractivity contribution in [2.75, 3.05) is 76.7 Å². The van der Waals surface area contributed by atoms with E-state index in [4.69, 9.17) is 4.74 Å². The molecular weight excluding hydrogens is 1620 g/mol. The number of morpholine rings is 1. The summed E-state index contributed by atoms with van der Waals surface area (Å²) in [4.78, 5) is 46.1. The minimum Gasteiger partial charge on any atom is -0.380 e. The Morgan fingerprint density at radius 2 is 0.769 bits per heavy atom. The number of aromatic nitrogens is 2. The summed E-state index contributed by atoms with van der Waals surface area (Å²) in [6, 6.07) is 49.7. The second kappa shape index (κ2) is 48.9. The van der Waals surface area contributed by atoms with E-state index < -0.39 is 0 Å². The standard InChI is InChI=1S/C16H27NS.2C15H20N2S.C15H19NS.C14H24N2S.C14H23NOS.C13H21NOS/c1-16(2,3)15-10-9-14(18-15)12-17-11-13-7-5-4-6-8-13;1-15(2,3)14-5-4-13(18-14)11-17-10-12-6-8-16-9-7-12;1-15(2,3)14-7-6-13(18-14)11-17-10-12-5-4-8-16-9-12;1-15(2,3)14-10-9-13(17-14)11-16-12-7-5-4-6-8-12;1-14(2,3)13-6-5-12(17-13)11-16-9-7-15(4)8-10-16;1-13(2,3)9-11(16)15-12-8-7-10(17-12)14(4,5)6;1-13(2,3)12-5-4-11(16-12)10-14-6-8-15-9-7-14/h9-10,13,17H,4-8,11-12H2,1-3H3;2*4-9,17H,10-11H2,1-3H3;4-10,16H,11H2,1-3H3;5-6H,7-11H2,1-4H3;7-8H,9H2,1-6H3,(H,15,16);4-5H,6-10H2,1-3H3. The largest absolute Gasteiger partial charge is 0.380 e. The van der Waals surface area contributed by atoms with Crippen molar-refractivity contribution < 1.29 is 9.53 Å². The summed E-state index contributed by atoms with van der Waals surface area (Å²) in [5.74, 6) is 1.03. The third kappa shape index (κ3) is 40.3. The van der Waals surface area contributed by atoms with Crippen LogP contribution < -0.4 is 26.6 Å². The summed E-state index contributed by atoms with van der Waals surface area (Å²) in [5, 5.41) is 17.9. The highest BCUT2D eigenvalue weighted by atomic mass is 32.1. The lowest BCUT2D eigenvalue weighted by Gasteiger charge is -2.31. The van der Waals surface area contributed by atoms with Crippen LogP contribution in [0.25, 0.3) is 0 Å². The average molecular weight is 1780 g/mol. The molecule has 9 aromatic heterocycles. The SMILES string of the molecule is CC(C)(C)CC(=O)Nc1ccc(C(C)(C)C)s1.CC(C)(C)c1ccc(CN2CCOCC2)s1.CC(C)(C)c1ccc(CNCC2CCCCC2)s1.CC(C)(C)c1ccc(CNCc2cccnc2)s1.CC(C)(C)c1ccc(CNCc2ccncc2)s1.CC(C)(C)c1ccc(CNc2ccccc2)s1.CN1CCN(Cc2ccc(C(C)(C)C)s2)CC1. The van der Waals surface area contributed by atoms with Crippen molar-refractivity contribution in [2.45, 2.75) is 295 Å². The van der Waals surface area contributed by atoms with Gasteiger partial charge in [0.1, 0.15) is 0 Å². The fraction of sp³-hybridized carbons (Fsp3) is 0.559. The van der Waals surface area contributed by atoms with Gasteiger partial charge in [0.2, 0.25) is 5.91 Å². The summed E-state index contributed by atoms with van der Waals surface area (Å²) >= 11 is 13.2. The van der Waals surface area contributed by atoms with Crippen molar-refractivity contribution >= 4 is 96.0 Å². The monoisotopic (exact) mass is 1780 g/mol. The minimum absolute atomic E-state index is 0.0359. The van der Waals surface area contributed by atoms with Crippen LogP contribution in [0.1, 0.15) is 279 Å². The summed E-state index contributed by atoms with van der Waals surface area (Å²) in [5.41, 5.74) is 5.52. The molecule has 11 heterocycles. The highest BCUT2D eigenvalue weighted by Gasteiger charge is 2.25. The maximum absolute atomic E-state index is 11.8. The van der Waals surface area contributed by atoms with Crippen molar-refractivity contribution in [3.8, 4) is 0 Å². The van der Waals surface area contributed by atoms with E-state index >= 15 is 0 Å². The van der Waals surface area contributed by atoms with E-state index in [-0.39, 0.29) is 38.4 Å². The van der Waals surface area contributed by atoms with E-state index in [1.807, 2.05) is 117 Å². The lowest BCUT2D eigenvalue weighted by Crippen LogP contribution is -2.43. The van der Waals surface area contributed by atoms with Gasteiger partial charge in [0, 0.05) is 192 Å². The van der Waals surface area contributed by atoms with E-state index in [1.165, 1.54) is 145 Å². The lowest BCUT2D eigenvalue weighted by molar-refractivity contribution is -0.117. The number of nitrogens with zero attached hydrogens (tertiary/aromatic N) is 5. The predicted molar refractivity (Wildman–Crippen MR) is 534 cm³/mol. The molecule has 0 radical (unpaired) electrons. The first-order chi connectivity index (χ1) is 56.8. The number of ether oxygens (including phenoxy) is 1. The number of para-hydroxylation sites is 1. The van der Waals surface area contributed by atoms with Gasteiger partial charge in [0.15, 0.2) is 0 Å². The number of carbonyl (C=O) groups is 1. The third-order valence-corrected chi connectivity index (χ3v) is 31.1. The van der Waals surface area contributed by atoms with Crippen molar-refractivity contribution in [2.24, 2.45) is 11.3 Å². The van der Waals surface area contributed by atoms with Crippen LogP contribution in [0.15, 0.2) is 164 Å². The Morgan fingerprint density at radius 1 is 0.380 bits per heavy atom. The predicted octanol–water partition coefficient (Wildman–Crippen LogP) is 26.9. The molecule has 10 aromatic rings. The van der Waals surface area contributed by atoms with E-state index in [1.54, 1.807) is 17.5 Å². The zero-order valence-electron chi connectivity index (χ0n) is 78.8. The Balaban J connectivity index is 0.000000194. The number of piperazine rings is 1. The van der Waals surface area contributed by atoms with E-state index in [0.717, 1.165) is 89.6 Å². The fourth-order valence-electron chi connectivity index (χ4n) is 13.1. The first kappa shape index (κ1) is 102. The van der Waals surface area contributed by atoms with Crippen LogP contribution in [0.5, 0.6) is 0 Å². The number of thiophene rings is 7. The molecule has 666 valence electrons. The second-order valence-electron chi connectivity index (χ2n) is 41.0. The number of anilines is 2. The molecule has 0 atom stereocenters. The van der Waals surface area contributed by atoms with Gasteiger partial charge in [-0.05, 0) is 202 Å². The summed E-state index contributed by atoms with van der Waals surface area (Å²) in [6.45, 7) is 71.4. The van der Waals surface area contributed by atoms with Crippen LogP contribution in [0.4, 0.5) is 10.7 Å². The maximum atomic E-state index is 11.8. The number of carbonyl (C=O) groups excluding carboxylic acids is 1. The molecule has 5 N–H and O–H groups in total. The lowest BCUT2D eigenvalue weighted by atomic mass is 9.89. The number of nitrogens with one attached hydrogen (secondary N) is 5. The molecule has 19 heteroatoms. The summed E-state index contributed by atoms with van der Waals surface area (Å²) in [6.07, 6.45) is 15.1. The molecule has 2 saturated heterocycles. The number of benzene rings is 1. The smallest absolute Gasteiger partial charge is 0.225 e. The molecule has 0 spiro atoms. The Bertz CT molecular complexity index is 4370. The quantitative estimate of drug-likeness (QED) is 0.0473. The van der Waals surface area contributed by atoms with Crippen molar-refractivity contribution in [3.63, 3.8) is 0 Å². The van der Waals surface area contributed by atoms with Gasteiger partial charge in [-0.2, -0.15) is 0 Å².